The monoisotopic (exact) mass is 307 g/mol. The summed E-state index contributed by atoms with van der Waals surface area (Å²) in [5.41, 5.74) is 1.70. The van der Waals surface area contributed by atoms with Crippen LogP contribution in [0.15, 0.2) is 0 Å². The Morgan fingerprint density at radius 1 is 1.05 bits per heavy atom. The molecular formula is C15H21N3O4. The van der Waals surface area contributed by atoms with Gasteiger partial charge in [-0.25, -0.2) is 14.6 Å². The highest BCUT2D eigenvalue weighted by Crippen LogP contribution is 2.31. The van der Waals surface area contributed by atoms with Gasteiger partial charge in [0.2, 0.25) is 0 Å². The predicted octanol–water partition coefficient (Wildman–Crippen LogP) is 1.01. The van der Waals surface area contributed by atoms with Crippen LogP contribution in [-0.2, 0) is 12.8 Å². The average molecular weight is 307 g/mol. The van der Waals surface area contributed by atoms with Crippen molar-refractivity contribution in [2.24, 2.45) is 0 Å². The molecule has 0 bridgehead atoms. The molecule has 0 aromatic carbocycles. The molecule has 2 rings (SSSR count). The number of aromatic carboxylic acids is 2. The standard InChI is InChI=1S/C15H21N3O4/c1-3-9-10(4-2)13(18-7-5-16-6-8-18)12(15(21)22)17-11(9)14(19)20/h16H,3-8H2,1-2H3,(H,19,20)(H,21,22). The van der Waals surface area contributed by atoms with E-state index in [1.165, 1.54) is 0 Å². The van der Waals surface area contributed by atoms with E-state index < -0.39 is 11.9 Å². The van der Waals surface area contributed by atoms with Gasteiger partial charge in [-0.05, 0) is 24.0 Å². The fourth-order valence-corrected chi connectivity index (χ4v) is 2.98. The van der Waals surface area contributed by atoms with Crippen molar-refractivity contribution in [3.63, 3.8) is 0 Å². The summed E-state index contributed by atoms with van der Waals surface area (Å²) in [6, 6.07) is 0. The number of rotatable bonds is 5. The Labute approximate surface area is 129 Å². The summed E-state index contributed by atoms with van der Waals surface area (Å²) in [4.78, 5) is 29.0. The van der Waals surface area contributed by atoms with Gasteiger partial charge >= 0.3 is 11.9 Å². The zero-order valence-electron chi connectivity index (χ0n) is 12.8. The first-order valence-corrected chi connectivity index (χ1v) is 7.49. The molecule has 1 aromatic rings. The van der Waals surface area contributed by atoms with Crippen LogP contribution in [-0.4, -0.2) is 53.3 Å². The van der Waals surface area contributed by atoms with Gasteiger partial charge in [0.25, 0.3) is 0 Å². The zero-order chi connectivity index (χ0) is 16.3. The Morgan fingerprint density at radius 3 is 2.05 bits per heavy atom. The van der Waals surface area contributed by atoms with Gasteiger partial charge in [0, 0.05) is 26.2 Å². The molecule has 0 amide bonds. The molecule has 7 nitrogen and oxygen atoms in total. The number of pyridine rings is 1. The maximum atomic E-state index is 11.6. The molecule has 0 saturated carbocycles. The topological polar surface area (TPSA) is 103 Å². The van der Waals surface area contributed by atoms with Gasteiger partial charge in [-0.2, -0.15) is 0 Å². The number of anilines is 1. The minimum absolute atomic E-state index is 0.143. The van der Waals surface area contributed by atoms with Crippen molar-refractivity contribution >= 4 is 17.6 Å². The lowest BCUT2D eigenvalue weighted by atomic mass is 9.96. The third-order valence-corrected chi connectivity index (χ3v) is 3.93. The van der Waals surface area contributed by atoms with E-state index in [1.54, 1.807) is 0 Å². The molecule has 2 heterocycles. The minimum atomic E-state index is -1.19. The molecular weight excluding hydrogens is 286 g/mol. The van der Waals surface area contributed by atoms with Crippen molar-refractivity contribution in [2.75, 3.05) is 31.1 Å². The van der Waals surface area contributed by atoms with Crippen LogP contribution >= 0.6 is 0 Å². The van der Waals surface area contributed by atoms with Crippen LogP contribution in [0.25, 0.3) is 0 Å². The SMILES string of the molecule is CCc1c(C(=O)O)nc(C(=O)O)c(N2CCNCC2)c1CC. The number of nitrogens with zero attached hydrogens (tertiary/aromatic N) is 2. The molecule has 0 spiro atoms. The molecule has 1 aromatic heterocycles. The van der Waals surface area contributed by atoms with E-state index in [-0.39, 0.29) is 11.4 Å². The van der Waals surface area contributed by atoms with E-state index in [9.17, 15) is 19.8 Å². The molecule has 0 unspecified atom stereocenters. The Kier molecular flexibility index (Phi) is 4.97. The molecule has 1 fully saturated rings. The first-order chi connectivity index (χ1) is 10.5. The van der Waals surface area contributed by atoms with Crippen LogP contribution in [0.4, 0.5) is 5.69 Å². The summed E-state index contributed by atoms with van der Waals surface area (Å²) in [6.45, 7) is 6.69. The number of hydrogen-bond donors (Lipinski definition) is 3. The summed E-state index contributed by atoms with van der Waals surface area (Å²) in [7, 11) is 0. The number of piperazine rings is 1. The molecule has 1 aliphatic rings. The second-order valence-corrected chi connectivity index (χ2v) is 5.17. The van der Waals surface area contributed by atoms with E-state index in [0.717, 1.165) is 18.7 Å². The number of carboxylic acids is 2. The van der Waals surface area contributed by atoms with Crippen molar-refractivity contribution in [1.82, 2.24) is 10.3 Å². The Morgan fingerprint density at radius 2 is 1.59 bits per heavy atom. The van der Waals surface area contributed by atoms with Crippen LogP contribution in [0.3, 0.4) is 0 Å². The maximum Gasteiger partial charge on any atom is 0.356 e. The summed E-state index contributed by atoms with van der Waals surface area (Å²) in [6.07, 6.45) is 1.09. The molecule has 0 atom stereocenters. The molecule has 0 radical (unpaired) electrons. The lowest BCUT2D eigenvalue weighted by Crippen LogP contribution is -2.44. The average Bonchev–Trinajstić information content (AvgIpc) is 2.53. The zero-order valence-corrected chi connectivity index (χ0v) is 12.8. The molecule has 3 N–H and O–H groups in total. The van der Waals surface area contributed by atoms with Gasteiger partial charge < -0.3 is 20.4 Å². The third-order valence-electron chi connectivity index (χ3n) is 3.93. The van der Waals surface area contributed by atoms with Crippen LogP contribution in [0.2, 0.25) is 0 Å². The van der Waals surface area contributed by atoms with Crippen molar-refractivity contribution in [2.45, 2.75) is 26.7 Å². The highest BCUT2D eigenvalue weighted by Gasteiger charge is 2.28. The quantitative estimate of drug-likeness (QED) is 0.746. The summed E-state index contributed by atoms with van der Waals surface area (Å²) in [5, 5.41) is 22.1. The van der Waals surface area contributed by atoms with E-state index in [2.05, 4.69) is 10.3 Å². The molecule has 0 aliphatic carbocycles. The summed E-state index contributed by atoms with van der Waals surface area (Å²) < 4.78 is 0. The fourth-order valence-electron chi connectivity index (χ4n) is 2.98. The molecule has 7 heteroatoms. The first-order valence-electron chi connectivity index (χ1n) is 7.49. The Bertz CT molecular complexity index is 595. The van der Waals surface area contributed by atoms with E-state index in [0.29, 0.717) is 37.2 Å². The van der Waals surface area contributed by atoms with Gasteiger partial charge in [-0.3, -0.25) is 0 Å². The number of hydrogen-bond acceptors (Lipinski definition) is 5. The van der Waals surface area contributed by atoms with Gasteiger partial charge in [-0.1, -0.05) is 13.8 Å². The lowest BCUT2D eigenvalue weighted by molar-refractivity contribution is 0.0684. The van der Waals surface area contributed by atoms with Crippen LogP contribution in [0.1, 0.15) is 46.0 Å². The van der Waals surface area contributed by atoms with Gasteiger partial charge in [-0.15, -0.1) is 0 Å². The molecule has 120 valence electrons. The Balaban J connectivity index is 2.72. The summed E-state index contributed by atoms with van der Waals surface area (Å²) in [5.74, 6) is -2.37. The van der Waals surface area contributed by atoms with Crippen molar-refractivity contribution < 1.29 is 19.8 Å². The van der Waals surface area contributed by atoms with E-state index >= 15 is 0 Å². The highest BCUT2D eigenvalue weighted by atomic mass is 16.4. The molecule has 22 heavy (non-hydrogen) atoms. The number of carbonyl (C=O) groups is 2. The first kappa shape index (κ1) is 16.2. The normalized spacial score (nSPS) is 14.9. The minimum Gasteiger partial charge on any atom is -0.477 e. The van der Waals surface area contributed by atoms with Crippen LogP contribution < -0.4 is 10.2 Å². The third kappa shape index (κ3) is 2.89. The molecule has 1 aliphatic heterocycles. The van der Waals surface area contributed by atoms with E-state index in [4.69, 9.17) is 0 Å². The predicted molar refractivity (Wildman–Crippen MR) is 82.0 cm³/mol. The van der Waals surface area contributed by atoms with Crippen LogP contribution in [0, 0.1) is 0 Å². The lowest BCUT2D eigenvalue weighted by Gasteiger charge is -2.32. The smallest absolute Gasteiger partial charge is 0.356 e. The van der Waals surface area contributed by atoms with Crippen molar-refractivity contribution in [3.05, 3.63) is 22.5 Å². The van der Waals surface area contributed by atoms with Gasteiger partial charge in [0.15, 0.2) is 11.4 Å². The second-order valence-electron chi connectivity index (χ2n) is 5.17. The largest absolute Gasteiger partial charge is 0.477 e. The Hall–Kier alpha value is -2.15. The fraction of sp³-hybridized carbons (Fsp3) is 0.533. The van der Waals surface area contributed by atoms with Crippen LogP contribution in [0.5, 0.6) is 0 Å². The highest BCUT2D eigenvalue weighted by molar-refractivity contribution is 5.97. The van der Waals surface area contributed by atoms with E-state index in [1.807, 2.05) is 18.7 Å². The molecule has 1 saturated heterocycles. The van der Waals surface area contributed by atoms with Crippen molar-refractivity contribution in [3.8, 4) is 0 Å². The number of nitrogens with one attached hydrogen (secondary N) is 1. The number of aromatic nitrogens is 1. The van der Waals surface area contributed by atoms with Gasteiger partial charge in [0.05, 0.1) is 5.69 Å². The maximum absolute atomic E-state index is 11.6. The van der Waals surface area contributed by atoms with Crippen molar-refractivity contribution in [1.29, 1.82) is 0 Å². The summed E-state index contributed by atoms with van der Waals surface area (Å²) >= 11 is 0. The second kappa shape index (κ2) is 6.74. The van der Waals surface area contributed by atoms with Gasteiger partial charge in [0.1, 0.15) is 0 Å². The number of carboxylic acid groups (broad SMARTS) is 2.